The van der Waals surface area contributed by atoms with Gasteiger partial charge in [0.25, 0.3) is 0 Å². The fourth-order valence-electron chi connectivity index (χ4n) is 3.29. The standard InChI is InChI=1S/C18H28N6O/c1-14(2)11-22-6-4-7-24-17(12-22)9-16(21-24)10-19-18(25)13-23-8-5-15(3)20-23/h5,8-9,14H,4,6-7,10-13H2,1-3H3,(H,19,25). The van der Waals surface area contributed by atoms with Gasteiger partial charge < -0.3 is 5.32 Å². The lowest BCUT2D eigenvalue weighted by Crippen LogP contribution is -2.28. The molecule has 1 aliphatic rings. The monoisotopic (exact) mass is 344 g/mol. The van der Waals surface area contributed by atoms with Crippen molar-refractivity contribution in [1.82, 2.24) is 29.8 Å². The fraction of sp³-hybridized carbons (Fsp3) is 0.611. The zero-order valence-electron chi connectivity index (χ0n) is 15.4. The van der Waals surface area contributed by atoms with E-state index in [1.807, 2.05) is 19.2 Å². The first-order valence-electron chi connectivity index (χ1n) is 9.04. The maximum atomic E-state index is 12.1. The molecule has 2 aromatic rings. The molecule has 1 aliphatic heterocycles. The molecule has 0 saturated heterocycles. The Morgan fingerprint density at radius 1 is 1.32 bits per heavy atom. The summed E-state index contributed by atoms with van der Waals surface area (Å²) in [6, 6.07) is 4.01. The van der Waals surface area contributed by atoms with Gasteiger partial charge in [-0.1, -0.05) is 13.8 Å². The third kappa shape index (κ3) is 4.92. The van der Waals surface area contributed by atoms with Gasteiger partial charge in [-0.15, -0.1) is 0 Å². The van der Waals surface area contributed by atoms with Gasteiger partial charge in [0.1, 0.15) is 6.54 Å². The van der Waals surface area contributed by atoms with Crippen molar-refractivity contribution >= 4 is 5.91 Å². The quantitative estimate of drug-likeness (QED) is 0.864. The smallest absolute Gasteiger partial charge is 0.242 e. The van der Waals surface area contributed by atoms with Crippen molar-refractivity contribution in [3.63, 3.8) is 0 Å². The van der Waals surface area contributed by atoms with Crippen molar-refractivity contribution in [2.75, 3.05) is 13.1 Å². The van der Waals surface area contributed by atoms with Crippen molar-refractivity contribution in [2.24, 2.45) is 5.92 Å². The minimum Gasteiger partial charge on any atom is -0.349 e. The first-order chi connectivity index (χ1) is 12.0. The molecule has 1 amide bonds. The van der Waals surface area contributed by atoms with Crippen LogP contribution in [0.25, 0.3) is 0 Å². The van der Waals surface area contributed by atoms with Crippen LogP contribution in [-0.2, 0) is 31.0 Å². The molecular weight excluding hydrogens is 316 g/mol. The predicted molar refractivity (Wildman–Crippen MR) is 95.8 cm³/mol. The Balaban J connectivity index is 1.55. The maximum absolute atomic E-state index is 12.1. The number of carbonyl (C=O) groups is 1. The molecule has 3 rings (SSSR count). The van der Waals surface area contributed by atoms with Gasteiger partial charge in [-0.2, -0.15) is 10.2 Å². The number of aromatic nitrogens is 4. The number of nitrogens with zero attached hydrogens (tertiary/aromatic N) is 5. The van der Waals surface area contributed by atoms with Gasteiger partial charge in [0.2, 0.25) is 5.91 Å². The summed E-state index contributed by atoms with van der Waals surface area (Å²) < 4.78 is 3.75. The molecule has 0 fully saturated rings. The highest BCUT2D eigenvalue weighted by atomic mass is 16.2. The third-order valence-electron chi connectivity index (χ3n) is 4.31. The first-order valence-corrected chi connectivity index (χ1v) is 9.04. The van der Waals surface area contributed by atoms with Gasteiger partial charge in [-0.05, 0) is 31.4 Å². The molecule has 0 atom stereocenters. The van der Waals surface area contributed by atoms with Crippen LogP contribution in [0.5, 0.6) is 0 Å². The van der Waals surface area contributed by atoms with Gasteiger partial charge in [0.05, 0.1) is 23.6 Å². The van der Waals surface area contributed by atoms with E-state index in [-0.39, 0.29) is 12.5 Å². The molecule has 7 nitrogen and oxygen atoms in total. The summed E-state index contributed by atoms with van der Waals surface area (Å²) in [4.78, 5) is 14.5. The van der Waals surface area contributed by atoms with E-state index >= 15 is 0 Å². The molecule has 0 unspecified atom stereocenters. The van der Waals surface area contributed by atoms with Crippen LogP contribution in [0.3, 0.4) is 0 Å². The van der Waals surface area contributed by atoms with Gasteiger partial charge in [0.15, 0.2) is 0 Å². The predicted octanol–water partition coefficient (Wildman–Crippen LogP) is 1.57. The van der Waals surface area contributed by atoms with Crippen LogP contribution < -0.4 is 5.32 Å². The van der Waals surface area contributed by atoms with Gasteiger partial charge in [0, 0.05) is 32.4 Å². The van der Waals surface area contributed by atoms with Crippen LogP contribution in [0, 0.1) is 12.8 Å². The molecular formula is C18H28N6O. The molecule has 7 heteroatoms. The molecule has 25 heavy (non-hydrogen) atoms. The Morgan fingerprint density at radius 2 is 2.16 bits per heavy atom. The highest BCUT2D eigenvalue weighted by Gasteiger charge is 2.17. The van der Waals surface area contributed by atoms with Gasteiger partial charge in [-0.3, -0.25) is 19.1 Å². The fourth-order valence-corrected chi connectivity index (χ4v) is 3.29. The molecule has 2 aromatic heterocycles. The second-order valence-electron chi connectivity index (χ2n) is 7.26. The Kier molecular flexibility index (Phi) is 5.53. The highest BCUT2D eigenvalue weighted by molar-refractivity contribution is 5.75. The summed E-state index contributed by atoms with van der Waals surface area (Å²) in [7, 11) is 0. The Bertz CT molecular complexity index is 717. The number of amides is 1. The summed E-state index contributed by atoms with van der Waals surface area (Å²) in [5.41, 5.74) is 3.08. The number of hydrogen-bond acceptors (Lipinski definition) is 4. The molecule has 0 bridgehead atoms. The van der Waals surface area contributed by atoms with Crippen molar-refractivity contribution < 1.29 is 4.79 Å². The lowest BCUT2D eigenvalue weighted by Gasteiger charge is -2.21. The molecule has 1 N–H and O–H groups in total. The van der Waals surface area contributed by atoms with E-state index in [1.54, 1.807) is 4.68 Å². The van der Waals surface area contributed by atoms with Crippen LogP contribution >= 0.6 is 0 Å². The van der Waals surface area contributed by atoms with Crippen LogP contribution in [-0.4, -0.2) is 43.5 Å². The van der Waals surface area contributed by atoms with Crippen molar-refractivity contribution in [2.45, 2.75) is 53.4 Å². The average Bonchev–Trinajstić information content (AvgIpc) is 3.06. The molecule has 0 radical (unpaired) electrons. The number of hydrogen-bond donors (Lipinski definition) is 1. The van der Waals surface area contributed by atoms with Gasteiger partial charge >= 0.3 is 0 Å². The molecule has 0 spiro atoms. The average molecular weight is 344 g/mol. The summed E-state index contributed by atoms with van der Waals surface area (Å²) in [6.45, 7) is 11.2. The number of carbonyl (C=O) groups excluding carboxylic acids is 1. The van der Waals surface area contributed by atoms with Gasteiger partial charge in [-0.25, -0.2) is 0 Å². The topological polar surface area (TPSA) is 68.0 Å². The Morgan fingerprint density at radius 3 is 2.88 bits per heavy atom. The molecule has 0 aromatic carbocycles. The Labute approximate surface area is 149 Å². The van der Waals surface area contributed by atoms with E-state index in [4.69, 9.17) is 0 Å². The minimum atomic E-state index is -0.0484. The summed E-state index contributed by atoms with van der Waals surface area (Å²) in [6.07, 6.45) is 2.93. The zero-order chi connectivity index (χ0) is 17.8. The minimum absolute atomic E-state index is 0.0484. The van der Waals surface area contributed by atoms with Crippen molar-refractivity contribution in [3.8, 4) is 0 Å². The number of rotatable bonds is 6. The highest BCUT2D eigenvalue weighted by Crippen LogP contribution is 2.15. The number of nitrogens with one attached hydrogen (secondary N) is 1. The first kappa shape index (κ1) is 17.7. The lowest BCUT2D eigenvalue weighted by molar-refractivity contribution is -0.122. The number of aryl methyl sites for hydroxylation is 2. The second kappa shape index (κ2) is 7.82. The van der Waals surface area contributed by atoms with Crippen molar-refractivity contribution in [3.05, 3.63) is 35.4 Å². The van der Waals surface area contributed by atoms with E-state index in [0.717, 1.165) is 44.0 Å². The largest absolute Gasteiger partial charge is 0.349 e. The van der Waals surface area contributed by atoms with Crippen LogP contribution in [0.2, 0.25) is 0 Å². The molecule has 0 aliphatic carbocycles. The number of fused-ring (bicyclic) bond motifs is 1. The second-order valence-corrected chi connectivity index (χ2v) is 7.26. The van der Waals surface area contributed by atoms with Crippen molar-refractivity contribution in [1.29, 1.82) is 0 Å². The Hall–Kier alpha value is -2.15. The molecule has 136 valence electrons. The molecule has 0 saturated carbocycles. The van der Waals surface area contributed by atoms with Crippen LogP contribution in [0.4, 0.5) is 0 Å². The van der Waals surface area contributed by atoms with Crippen LogP contribution in [0.15, 0.2) is 18.3 Å². The normalized spacial score (nSPS) is 15.2. The SMILES string of the molecule is Cc1ccn(CC(=O)NCc2cc3n(n2)CCCN(CC(C)C)C3)n1. The van der Waals surface area contributed by atoms with E-state index < -0.39 is 0 Å². The zero-order valence-corrected chi connectivity index (χ0v) is 15.4. The summed E-state index contributed by atoms with van der Waals surface area (Å²) in [5, 5.41) is 11.8. The maximum Gasteiger partial charge on any atom is 0.242 e. The van der Waals surface area contributed by atoms with Crippen LogP contribution in [0.1, 0.15) is 37.4 Å². The van der Waals surface area contributed by atoms with E-state index in [0.29, 0.717) is 12.5 Å². The third-order valence-corrected chi connectivity index (χ3v) is 4.31. The van der Waals surface area contributed by atoms with E-state index in [9.17, 15) is 4.79 Å². The van der Waals surface area contributed by atoms with E-state index in [2.05, 4.69) is 45.0 Å². The molecule has 3 heterocycles. The lowest BCUT2D eigenvalue weighted by atomic mass is 10.2. The van der Waals surface area contributed by atoms with E-state index in [1.165, 1.54) is 5.69 Å². The summed E-state index contributed by atoms with van der Waals surface area (Å²) in [5.74, 6) is 0.617. The summed E-state index contributed by atoms with van der Waals surface area (Å²) >= 11 is 0.